The maximum absolute atomic E-state index is 12.3. The highest BCUT2D eigenvalue weighted by atomic mass is 16.1. The first-order valence-electron chi connectivity index (χ1n) is 8.02. The van der Waals surface area contributed by atoms with Crippen LogP contribution >= 0.6 is 0 Å². The van der Waals surface area contributed by atoms with Gasteiger partial charge in [0.25, 0.3) is 0 Å². The summed E-state index contributed by atoms with van der Waals surface area (Å²) >= 11 is 0. The van der Waals surface area contributed by atoms with Crippen LogP contribution in [-0.4, -0.2) is 5.78 Å². The first-order valence-corrected chi connectivity index (χ1v) is 8.02. The summed E-state index contributed by atoms with van der Waals surface area (Å²) in [5.74, 6) is 0.472. The van der Waals surface area contributed by atoms with Crippen LogP contribution in [0.5, 0.6) is 0 Å². The highest BCUT2D eigenvalue weighted by molar-refractivity contribution is 5.97. The van der Waals surface area contributed by atoms with Gasteiger partial charge in [-0.15, -0.1) is 0 Å². The van der Waals surface area contributed by atoms with Gasteiger partial charge in [-0.3, -0.25) is 4.79 Å². The molecular formula is C17H28O. The molecule has 0 N–H and O–H groups in total. The third-order valence-corrected chi connectivity index (χ3v) is 4.90. The second-order valence-electron chi connectivity index (χ2n) is 6.23. The quantitative estimate of drug-likeness (QED) is 0.611. The molecule has 0 bridgehead atoms. The Morgan fingerprint density at radius 1 is 1.11 bits per heavy atom. The molecule has 0 aromatic carbocycles. The Morgan fingerprint density at radius 2 is 1.89 bits per heavy atom. The van der Waals surface area contributed by atoms with Crippen LogP contribution in [0, 0.1) is 5.41 Å². The van der Waals surface area contributed by atoms with Gasteiger partial charge in [-0.05, 0) is 43.1 Å². The molecule has 0 amide bonds. The van der Waals surface area contributed by atoms with E-state index in [4.69, 9.17) is 0 Å². The largest absolute Gasteiger partial charge is 0.295 e. The van der Waals surface area contributed by atoms with Gasteiger partial charge in [0.2, 0.25) is 0 Å². The molecule has 0 aromatic heterocycles. The van der Waals surface area contributed by atoms with Crippen molar-refractivity contribution in [2.75, 3.05) is 0 Å². The summed E-state index contributed by atoms with van der Waals surface area (Å²) < 4.78 is 0. The molecule has 1 fully saturated rings. The number of unbranched alkanes of at least 4 members (excludes halogenated alkanes) is 2. The number of ketones is 1. The first kappa shape index (κ1) is 13.8. The molecule has 0 aromatic rings. The third-order valence-electron chi connectivity index (χ3n) is 4.90. The molecule has 1 nitrogen and oxygen atoms in total. The molecular weight excluding hydrogens is 220 g/mol. The minimum Gasteiger partial charge on any atom is -0.295 e. The molecule has 102 valence electrons. The Hall–Kier alpha value is -0.590. The first-order chi connectivity index (χ1) is 8.78. The monoisotopic (exact) mass is 248 g/mol. The van der Waals surface area contributed by atoms with Crippen molar-refractivity contribution in [2.24, 2.45) is 5.41 Å². The predicted molar refractivity (Wildman–Crippen MR) is 76.6 cm³/mol. The third kappa shape index (κ3) is 3.05. The van der Waals surface area contributed by atoms with Crippen molar-refractivity contribution >= 4 is 5.78 Å². The fourth-order valence-corrected chi connectivity index (χ4v) is 3.87. The summed E-state index contributed by atoms with van der Waals surface area (Å²) in [4.78, 5) is 12.3. The second kappa shape index (κ2) is 6.54. The Bertz CT molecular complexity index is 308. The van der Waals surface area contributed by atoms with Crippen LogP contribution in [0.25, 0.3) is 0 Å². The molecule has 0 saturated heterocycles. The van der Waals surface area contributed by atoms with Crippen molar-refractivity contribution in [1.82, 2.24) is 0 Å². The Kier molecular flexibility index (Phi) is 5.03. The fraction of sp³-hybridized carbons (Fsp3) is 0.824. The van der Waals surface area contributed by atoms with E-state index in [2.05, 4.69) is 13.0 Å². The van der Waals surface area contributed by atoms with Gasteiger partial charge in [0.05, 0.1) is 0 Å². The SMILES string of the molecule is CCCCCC1(C2=CCCCC2=O)CCCCC1. The molecule has 2 aliphatic carbocycles. The number of hydrogen-bond acceptors (Lipinski definition) is 1. The van der Waals surface area contributed by atoms with Crippen LogP contribution in [0.1, 0.15) is 84.0 Å². The van der Waals surface area contributed by atoms with Crippen molar-refractivity contribution < 1.29 is 4.79 Å². The summed E-state index contributed by atoms with van der Waals surface area (Å²) in [6, 6.07) is 0. The highest BCUT2D eigenvalue weighted by Crippen LogP contribution is 2.48. The number of hydrogen-bond donors (Lipinski definition) is 0. The van der Waals surface area contributed by atoms with E-state index in [1.54, 1.807) is 0 Å². The normalized spacial score (nSPS) is 23.8. The second-order valence-corrected chi connectivity index (χ2v) is 6.23. The average molecular weight is 248 g/mol. The van der Waals surface area contributed by atoms with Crippen molar-refractivity contribution in [3.05, 3.63) is 11.6 Å². The van der Waals surface area contributed by atoms with Crippen LogP contribution in [0.3, 0.4) is 0 Å². The molecule has 2 aliphatic rings. The molecule has 0 aliphatic heterocycles. The van der Waals surface area contributed by atoms with E-state index >= 15 is 0 Å². The van der Waals surface area contributed by atoms with E-state index in [1.165, 1.54) is 63.4 Å². The smallest absolute Gasteiger partial charge is 0.159 e. The van der Waals surface area contributed by atoms with Crippen molar-refractivity contribution in [1.29, 1.82) is 0 Å². The van der Waals surface area contributed by atoms with Crippen LogP contribution < -0.4 is 0 Å². The van der Waals surface area contributed by atoms with E-state index in [-0.39, 0.29) is 5.41 Å². The van der Waals surface area contributed by atoms with Crippen molar-refractivity contribution in [3.8, 4) is 0 Å². The molecule has 1 heteroatoms. The number of carbonyl (C=O) groups excluding carboxylic acids is 1. The lowest BCUT2D eigenvalue weighted by atomic mass is 9.64. The van der Waals surface area contributed by atoms with Gasteiger partial charge in [-0.2, -0.15) is 0 Å². The molecule has 2 rings (SSSR count). The van der Waals surface area contributed by atoms with E-state index < -0.39 is 0 Å². The average Bonchev–Trinajstić information content (AvgIpc) is 2.40. The molecule has 1 saturated carbocycles. The number of allylic oxidation sites excluding steroid dienone is 2. The van der Waals surface area contributed by atoms with Gasteiger partial charge < -0.3 is 0 Å². The molecule has 0 heterocycles. The molecule has 0 radical (unpaired) electrons. The Labute approximate surface area is 112 Å². The zero-order valence-corrected chi connectivity index (χ0v) is 12.0. The zero-order chi connectivity index (χ0) is 12.8. The lowest BCUT2D eigenvalue weighted by Crippen LogP contribution is -2.31. The molecule has 0 unspecified atom stereocenters. The highest BCUT2D eigenvalue weighted by Gasteiger charge is 2.38. The lowest BCUT2D eigenvalue weighted by molar-refractivity contribution is -0.117. The van der Waals surface area contributed by atoms with Gasteiger partial charge in [0, 0.05) is 6.42 Å². The standard InChI is InChI=1S/C17H28O/c1-2-3-7-12-17(13-8-4-9-14-17)15-10-5-6-11-16(15)18/h10H,2-9,11-14H2,1H3. The van der Waals surface area contributed by atoms with E-state index in [0.29, 0.717) is 5.78 Å². The molecule has 0 spiro atoms. The van der Waals surface area contributed by atoms with Crippen molar-refractivity contribution in [2.45, 2.75) is 84.0 Å². The van der Waals surface area contributed by atoms with Gasteiger partial charge >= 0.3 is 0 Å². The maximum Gasteiger partial charge on any atom is 0.159 e. The Morgan fingerprint density at radius 3 is 2.56 bits per heavy atom. The van der Waals surface area contributed by atoms with Crippen molar-refractivity contribution in [3.63, 3.8) is 0 Å². The minimum atomic E-state index is 0.283. The van der Waals surface area contributed by atoms with Gasteiger partial charge in [-0.25, -0.2) is 0 Å². The van der Waals surface area contributed by atoms with Crippen LogP contribution in [0.4, 0.5) is 0 Å². The molecule has 18 heavy (non-hydrogen) atoms. The van der Waals surface area contributed by atoms with Crippen LogP contribution in [0.15, 0.2) is 11.6 Å². The number of rotatable bonds is 5. The lowest BCUT2D eigenvalue weighted by Gasteiger charge is -2.40. The van der Waals surface area contributed by atoms with Gasteiger partial charge in [0.15, 0.2) is 5.78 Å². The Balaban J connectivity index is 2.12. The minimum absolute atomic E-state index is 0.283. The molecule has 0 atom stereocenters. The van der Waals surface area contributed by atoms with E-state index in [1.807, 2.05) is 0 Å². The summed E-state index contributed by atoms with van der Waals surface area (Å²) in [6.45, 7) is 2.26. The van der Waals surface area contributed by atoms with Crippen LogP contribution in [-0.2, 0) is 4.79 Å². The fourth-order valence-electron chi connectivity index (χ4n) is 3.87. The van der Waals surface area contributed by atoms with Gasteiger partial charge in [0.1, 0.15) is 0 Å². The van der Waals surface area contributed by atoms with Crippen LogP contribution in [0.2, 0.25) is 0 Å². The summed E-state index contributed by atoms with van der Waals surface area (Å²) in [6.07, 6.45) is 17.1. The number of Topliss-reactive ketones (excluding diaryl/α,β-unsaturated/α-hetero) is 1. The zero-order valence-electron chi connectivity index (χ0n) is 12.0. The summed E-state index contributed by atoms with van der Waals surface area (Å²) in [7, 11) is 0. The summed E-state index contributed by atoms with van der Waals surface area (Å²) in [5, 5.41) is 0. The topological polar surface area (TPSA) is 17.1 Å². The predicted octanol–water partition coefficient (Wildman–Crippen LogP) is 5.20. The van der Waals surface area contributed by atoms with E-state index in [9.17, 15) is 4.79 Å². The number of carbonyl (C=O) groups is 1. The van der Waals surface area contributed by atoms with Gasteiger partial charge in [-0.1, -0.05) is 51.5 Å². The maximum atomic E-state index is 12.3. The van der Waals surface area contributed by atoms with E-state index in [0.717, 1.165) is 19.3 Å². The summed E-state index contributed by atoms with van der Waals surface area (Å²) in [5.41, 5.74) is 1.52.